The molecule has 0 fully saturated rings. The second kappa shape index (κ2) is 4.94. The van der Waals surface area contributed by atoms with E-state index in [0.717, 1.165) is 30.8 Å². The van der Waals surface area contributed by atoms with Gasteiger partial charge in [-0.15, -0.1) is 10.2 Å². The van der Waals surface area contributed by atoms with Crippen LogP contribution in [0, 0.1) is 18.6 Å². The van der Waals surface area contributed by atoms with E-state index >= 15 is 0 Å². The quantitative estimate of drug-likeness (QED) is 0.846. The molecule has 3 rings (SSSR count). The fraction of sp³-hybridized carbons (Fsp3) is 0.429. The molecule has 4 nitrogen and oxygen atoms in total. The predicted octanol–water partition coefficient (Wildman–Crippen LogP) is 2.44. The maximum atomic E-state index is 13.9. The van der Waals surface area contributed by atoms with Crippen LogP contribution in [0.15, 0.2) is 18.2 Å². The van der Waals surface area contributed by atoms with Gasteiger partial charge in [-0.1, -0.05) is 6.07 Å². The zero-order chi connectivity index (χ0) is 14.3. The highest BCUT2D eigenvalue weighted by Gasteiger charge is 2.25. The van der Waals surface area contributed by atoms with Crippen LogP contribution < -0.4 is 0 Å². The van der Waals surface area contributed by atoms with Crippen LogP contribution in [0.1, 0.15) is 30.2 Å². The lowest BCUT2D eigenvalue weighted by atomic mass is 10.1. The minimum Gasteiger partial charge on any atom is -0.313 e. The summed E-state index contributed by atoms with van der Waals surface area (Å²) >= 11 is 0. The third-order valence-corrected chi connectivity index (χ3v) is 3.93. The number of rotatable bonds is 2. The molecule has 0 bridgehead atoms. The highest BCUT2D eigenvalue weighted by Crippen LogP contribution is 2.26. The number of halogens is 2. The van der Waals surface area contributed by atoms with Gasteiger partial charge in [0.15, 0.2) is 0 Å². The van der Waals surface area contributed by atoms with Gasteiger partial charge in [-0.05, 0) is 19.9 Å². The van der Waals surface area contributed by atoms with Gasteiger partial charge in [0, 0.05) is 30.8 Å². The maximum Gasteiger partial charge on any atom is 0.147 e. The Morgan fingerprint density at radius 2 is 2.00 bits per heavy atom. The summed E-state index contributed by atoms with van der Waals surface area (Å²) in [5.41, 5.74) is 0.510. The van der Waals surface area contributed by atoms with Crippen molar-refractivity contribution in [2.24, 2.45) is 0 Å². The van der Waals surface area contributed by atoms with Crippen LogP contribution in [-0.2, 0) is 13.1 Å². The first kappa shape index (κ1) is 13.2. The summed E-state index contributed by atoms with van der Waals surface area (Å²) in [4.78, 5) is 2.12. The van der Waals surface area contributed by atoms with E-state index < -0.39 is 11.6 Å². The minimum atomic E-state index is -0.549. The van der Waals surface area contributed by atoms with Crippen molar-refractivity contribution in [2.75, 3.05) is 6.54 Å². The Kier molecular flexibility index (Phi) is 3.25. The molecule has 0 saturated carbocycles. The molecule has 1 aromatic carbocycles. The summed E-state index contributed by atoms with van der Waals surface area (Å²) in [6.07, 6.45) is 0. The molecule has 0 saturated heterocycles. The number of hydrogen-bond donors (Lipinski definition) is 0. The molecule has 2 aromatic rings. The van der Waals surface area contributed by atoms with Crippen LogP contribution in [0.25, 0.3) is 0 Å². The maximum absolute atomic E-state index is 13.9. The molecule has 20 heavy (non-hydrogen) atoms. The van der Waals surface area contributed by atoms with E-state index in [-0.39, 0.29) is 6.04 Å². The van der Waals surface area contributed by atoms with Crippen LogP contribution in [0.5, 0.6) is 0 Å². The fourth-order valence-electron chi connectivity index (χ4n) is 2.69. The molecular weight excluding hydrogens is 262 g/mol. The van der Waals surface area contributed by atoms with Crippen LogP contribution in [0.3, 0.4) is 0 Å². The van der Waals surface area contributed by atoms with Crippen molar-refractivity contribution < 1.29 is 8.78 Å². The van der Waals surface area contributed by atoms with Crippen LogP contribution in [0.2, 0.25) is 0 Å². The molecule has 0 amide bonds. The highest BCUT2D eigenvalue weighted by molar-refractivity contribution is 5.22. The highest BCUT2D eigenvalue weighted by atomic mass is 19.1. The average molecular weight is 278 g/mol. The molecule has 0 aliphatic carbocycles. The van der Waals surface area contributed by atoms with Gasteiger partial charge in [0.1, 0.15) is 23.3 Å². The van der Waals surface area contributed by atoms with Gasteiger partial charge in [0.2, 0.25) is 0 Å². The molecular formula is C14H16F2N4. The molecule has 106 valence electrons. The van der Waals surface area contributed by atoms with Gasteiger partial charge in [-0.3, -0.25) is 4.90 Å². The zero-order valence-electron chi connectivity index (χ0n) is 11.5. The third kappa shape index (κ3) is 2.20. The summed E-state index contributed by atoms with van der Waals surface area (Å²) in [6.45, 7) is 6.06. The van der Waals surface area contributed by atoms with Crippen molar-refractivity contribution in [1.29, 1.82) is 0 Å². The third-order valence-electron chi connectivity index (χ3n) is 3.93. The van der Waals surface area contributed by atoms with Crippen molar-refractivity contribution >= 4 is 0 Å². The van der Waals surface area contributed by atoms with Crippen molar-refractivity contribution in [3.8, 4) is 0 Å². The Labute approximate surface area is 116 Å². The van der Waals surface area contributed by atoms with Gasteiger partial charge < -0.3 is 4.57 Å². The number of aryl methyl sites for hydroxylation is 1. The molecule has 2 heterocycles. The van der Waals surface area contributed by atoms with E-state index in [0.29, 0.717) is 12.1 Å². The molecule has 0 spiro atoms. The standard InChI is InChI=1S/C14H16F2N4/c1-9(12-4-3-11(15)7-13(12)16)19-5-6-20-10(2)17-18-14(20)8-19/h3-4,7,9H,5-6,8H2,1-2H3/t9-/m0/s1. The van der Waals surface area contributed by atoms with Crippen molar-refractivity contribution in [2.45, 2.75) is 33.0 Å². The SMILES string of the molecule is Cc1nnc2n1CCN([C@@H](C)c1ccc(F)cc1F)C2. The molecule has 6 heteroatoms. The molecule has 1 aromatic heterocycles. The first-order valence-corrected chi connectivity index (χ1v) is 6.64. The lowest BCUT2D eigenvalue weighted by molar-refractivity contribution is 0.159. The Morgan fingerprint density at radius 3 is 2.75 bits per heavy atom. The average Bonchev–Trinajstić information content (AvgIpc) is 2.79. The van der Waals surface area contributed by atoms with E-state index in [9.17, 15) is 8.78 Å². The number of nitrogens with zero attached hydrogens (tertiary/aromatic N) is 4. The smallest absolute Gasteiger partial charge is 0.147 e. The van der Waals surface area contributed by atoms with Crippen LogP contribution in [-0.4, -0.2) is 26.2 Å². The largest absolute Gasteiger partial charge is 0.313 e. The number of aromatic nitrogens is 3. The number of benzene rings is 1. The molecule has 0 unspecified atom stereocenters. The van der Waals surface area contributed by atoms with E-state index in [1.54, 1.807) is 0 Å². The molecule has 1 aliphatic heterocycles. The Balaban J connectivity index is 1.83. The van der Waals surface area contributed by atoms with Gasteiger partial charge in [0.05, 0.1) is 6.54 Å². The van der Waals surface area contributed by atoms with Gasteiger partial charge in [0.25, 0.3) is 0 Å². The van der Waals surface area contributed by atoms with Crippen LogP contribution in [0.4, 0.5) is 8.78 Å². The predicted molar refractivity (Wildman–Crippen MR) is 69.9 cm³/mol. The molecule has 1 atom stereocenters. The van der Waals surface area contributed by atoms with Gasteiger partial charge >= 0.3 is 0 Å². The topological polar surface area (TPSA) is 34.0 Å². The monoisotopic (exact) mass is 278 g/mol. The van der Waals surface area contributed by atoms with Crippen molar-refractivity contribution in [3.05, 3.63) is 47.0 Å². The minimum absolute atomic E-state index is 0.124. The summed E-state index contributed by atoms with van der Waals surface area (Å²) in [5, 5.41) is 8.19. The van der Waals surface area contributed by atoms with Gasteiger partial charge in [-0.25, -0.2) is 8.78 Å². The summed E-state index contributed by atoms with van der Waals surface area (Å²) in [6, 6.07) is 3.62. The first-order chi connectivity index (χ1) is 9.56. The summed E-state index contributed by atoms with van der Waals surface area (Å²) in [7, 11) is 0. The number of fused-ring (bicyclic) bond motifs is 1. The Hall–Kier alpha value is -1.82. The number of hydrogen-bond acceptors (Lipinski definition) is 3. The van der Waals surface area contributed by atoms with Crippen molar-refractivity contribution in [1.82, 2.24) is 19.7 Å². The molecule has 0 radical (unpaired) electrons. The van der Waals surface area contributed by atoms with E-state index in [4.69, 9.17) is 0 Å². The van der Waals surface area contributed by atoms with E-state index in [2.05, 4.69) is 19.7 Å². The fourth-order valence-corrected chi connectivity index (χ4v) is 2.69. The Morgan fingerprint density at radius 1 is 1.20 bits per heavy atom. The first-order valence-electron chi connectivity index (χ1n) is 6.64. The van der Waals surface area contributed by atoms with Gasteiger partial charge in [-0.2, -0.15) is 0 Å². The van der Waals surface area contributed by atoms with E-state index in [1.165, 1.54) is 12.1 Å². The zero-order valence-corrected chi connectivity index (χ0v) is 11.5. The lowest BCUT2D eigenvalue weighted by Crippen LogP contribution is -2.36. The Bertz CT molecular complexity index is 638. The normalized spacial score (nSPS) is 17.0. The second-order valence-corrected chi connectivity index (χ2v) is 5.13. The summed E-state index contributed by atoms with van der Waals surface area (Å²) in [5.74, 6) is 0.747. The van der Waals surface area contributed by atoms with E-state index in [1.807, 2.05) is 13.8 Å². The molecule has 1 aliphatic rings. The second-order valence-electron chi connectivity index (χ2n) is 5.13. The lowest BCUT2D eigenvalue weighted by Gasteiger charge is -2.33. The summed E-state index contributed by atoms with van der Waals surface area (Å²) < 4.78 is 28.9. The molecule has 0 N–H and O–H groups in total. The van der Waals surface area contributed by atoms with Crippen LogP contribution >= 0.6 is 0 Å². The van der Waals surface area contributed by atoms with Crippen molar-refractivity contribution in [3.63, 3.8) is 0 Å².